The SMILES string of the molecule is CC(N)c1ccc(Br)c(-c2cccc(F)c2)c1. The van der Waals surface area contributed by atoms with Gasteiger partial charge in [-0.15, -0.1) is 0 Å². The molecule has 0 aliphatic carbocycles. The summed E-state index contributed by atoms with van der Waals surface area (Å²) in [6.07, 6.45) is 0. The van der Waals surface area contributed by atoms with Crippen LogP contribution >= 0.6 is 15.9 Å². The van der Waals surface area contributed by atoms with Crippen molar-refractivity contribution in [3.05, 3.63) is 58.3 Å². The summed E-state index contributed by atoms with van der Waals surface area (Å²) < 4.78 is 14.1. The maximum Gasteiger partial charge on any atom is 0.123 e. The summed E-state index contributed by atoms with van der Waals surface area (Å²) in [6, 6.07) is 12.4. The summed E-state index contributed by atoms with van der Waals surface area (Å²) in [5.74, 6) is -0.236. The van der Waals surface area contributed by atoms with Crippen LogP contribution in [0.3, 0.4) is 0 Å². The van der Waals surface area contributed by atoms with Crippen molar-refractivity contribution in [2.75, 3.05) is 0 Å². The first kappa shape index (κ1) is 12.3. The molecule has 1 atom stereocenters. The molecule has 1 nitrogen and oxygen atoms in total. The second kappa shape index (κ2) is 4.98. The fourth-order valence-corrected chi connectivity index (χ4v) is 2.18. The second-order valence-electron chi connectivity index (χ2n) is 4.04. The van der Waals surface area contributed by atoms with Gasteiger partial charge in [-0.3, -0.25) is 0 Å². The minimum atomic E-state index is -0.236. The van der Waals surface area contributed by atoms with Gasteiger partial charge in [0.15, 0.2) is 0 Å². The Bertz CT molecular complexity index is 537. The third kappa shape index (κ3) is 2.73. The van der Waals surface area contributed by atoms with Crippen molar-refractivity contribution in [1.82, 2.24) is 0 Å². The topological polar surface area (TPSA) is 26.0 Å². The maximum atomic E-state index is 13.2. The van der Waals surface area contributed by atoms with Crippen molar-refractivity contribution < 1.29 is 4.39 Å². The molecule has 88 valence electrons. The van der Waals surface area contributed by atoms with Crippen molar-refractivity contribution in [3.8, 4) is 11.1 Å². The molecule has 0 fully saturated rings. The largest absolute Gasteiger partial charge is 0.324 e. The lowest BCUT2D eigenvalue weighted by Crippen LogP contribution is -2.04. The normalized spacial score (nSPS) is 12.5. The fourth-order valence-electron chi connectivity index (χ4n) is 1.70. The van der Waals surface area contributed by atoms with Crippen molar-refractivity contribution >= 4 is 15.9 Å². The van der Waals surface area contributed by atoms with E-state index in [9.17, 15) is 4.39 Å². The van der Waals surface area contributed by atoms with Gasteiger partial charge in [0.25, 0.3) is 0 Å². The zero-order valence-corrected chi connectivity index (χ0v) is 11.0. The van der Waals surface area contributed by atoms with E-state index in [1.54, 1.807) is 6.07 Å². The molecule has 0 radical (unpaired) electrons. The molecule has 2 aromatic rings. The van der Waals surface area contributed by atoms with Gasteiger partial charge in [0.2, 0.25) is 0 Å². The Morgan fingerprint density at radius 1 is 1.18 bits per heavy atom. The maximum absolute atomic E-state index is 13.2. The van der Waals surface area contributed by atoms with E-state index in [0.29, 0.717) is 0 Å². The van der Waals surface area contributed by atoms with Gasteiger partial charge >= 0.3 is 0 Å². The minimum Gasteiger partial charge on any atom is -0.324 e. The summed E-state index contributed by atoms with van der Waals surface area (Å²) in [5, 5.41) is 0. The average Bonchev–Trinajstić information content (AvgIpc) is 2.29. The molecule has 0 saturated heterocycles. The molecule has 0 bridgehead atoms. The van der Waals surface area contributed by atoms with Crippen LogP contribution in [0, 0.1) is 5.82 Å². The number of nitrogens with two attached hydrogens (primary N) is 1. The predicted molar refractivity (Wildman–Crippen MR) is 72.1 cm³/mol. The molecule has 0 saturated carbocycles. The first-order valence-electron chi connectivity index (χ1n) is 5.39. The van der Waals surface area contributed by atoms with Crippen LogP contribution < -0.4 is 5.73 Å². The van der Waals surface area contributed by atoms with Crippen molar-refractivity contribution in [3.63, 3.8) is 0 Å². The van der Waals surface area contributed by atoms with Gasteiger partial charge in [0, 0.05) is 10.5 Å². The van der Waals surface area contributed by atoms with E-state index in [2.05, 4.69) is 15.9 Å². The lowest BCUT2D eigenvalue weighted by molar-refractivity contribution is 0.628. The van der Waals surface area contributed by atoms with Crippen LogP contribution in [0.2, 0.25) is 0 Å². The van der Waals surface area contributed by atoms with E-state index < -0.39 is 0 Å². The first-order valence-corrected chi connectivity index (χ1v) is 6.18. The zero-order valence-electron chi connectivity index (χ0n) is 9.45. The average molecular weight is 294 g/mol. The highest BCUT2D eigenvalue weighted by Crippen LogP contribution is 2.30. The quantitative estimate of drug-likeness (QED) is 0.879. The number of halogens is 2. The first-order chi connectivity index (χ1) is 8.08. The molecule has 0 amide bonds. The second-order valence-corrected chi connectivity index (χ2v) is 4.89. The Balaban J connectivity index is 2.54. The number of benzene rings is 2. The van der Waals surface area contributed by atoms with Crippen LogP contribution in [-0.4, -0.2) is 0 Å². The van der Waals surface area contributed by atoms with E-state index in [1.165, 1.54) is 12.1 Å². The molecule has 0 aliphatic rings. The van der Waals surface area contributed by atoms with Crippen LogP contribution in [-0.2, 0) is 0 Å². The van der Waals surface area contributed by atoms with Gasteiger partial charge < -0.3 is 5.73 Å². The Hall–Kier alpha value is -1.19. The highest BCUT2D eigenvalue weighted by molar-refractivity contribution is 9.10. The summed E-state index contributed by atoms with van der Waals surface area (Å²) in [6.45, 7) is 1.93. The van der Waals surface area contributed by atoms with E-state index in [4.69, 9.17) is 5.73 Å². The third-order valence-corrected chi connectivity index (χ3v) is 3.34. The smallest absolute Gasteiger partial charge is 0.123 e. The van der Waals surface area contributed by atoms with Crippen LogP contribution in [0.4, 0.5) is 4.39 Å². The lowest BCUT2D eigenvalue weighted by Gasteiger charge is -2.10. The van der Waals surface area contributed by atoms with Crippen LogP contribution in [0.25, 0.3) is 11.1 Å². The molecule has 0 aromatic heterocycles. The number of rotatable bonds is 2. The Morgan fingerprint density at radius 2 is 1.94 bits per heavy atom. The Morgan fingerprint density at radius 3 is 2.59 bits per heavy atom. The van der Waals surface area contributed by atoms with Gasteiger partial charge in [0.05, 0.1) is 0 Å². The zero-order chi connectivity index (χ0) is 12.4. The summed E-state index contributed by atoms with van der Waals surface area (Å²) in [4.78, 5) is 0. The molecule has 0 spiro atoms. The molecule has 1 unspecified atom stereocenters. The third-order valence-electron chi connectivity index (χ3n) is 2.65. The summed E-state index contributed by atoms with van der Waals surface area (Å²) in [7, 11) is 0. The van der Waals surface area contributed by atoms with Gasteiger partial charge in [-0.25, -0.2) is 4.39 Å². The monoisotopic (exact) mass is 293 g/mol. The molecular weight excluding hydrogens is 281 g/mol. The standard InChI is InChI=1S/C14H13BrFN/c1-9(17)10-5-6-14(15)13(8-10)11-3-2-4-12(16)7-11/h2-9H,17H2,1H3. The highest BCUT2D eigenvalue weighted by atomic mass is 79.9. The molecule has 2 aromatic carbocycles. The van der Waals surface area contributed by atoms with Gasteiger partial charge in [-0.2, -0.15) is 0 Å². The minimum absolute atomic E-state index is 0.0320. The van der Waals surface area contributed by atoms with Gasteiger partial charge in [-0.1, -0.05) is 34.1 Å². The Labute approximate surface area is 109 Å². The van der Waals surface area contributed by atoms with E-state index in [0.717, 1.165) is 21.2 Å². The molecular formula is C14H13BrFN. The van der Waals surface area contributed by atoms with Crippen LogP contribution in [0.5, 0.6) is 0 Å². The van der Waals surface area contributed by atoms with Gasteiger partial charge in [-0.05, 0) is 47.9 Å². The van der Waals surface area contributed by atoms with Crippen molar-refractivity contribution in [1.29, 1.82) is 0 Å². The number of hydrogen-bond donors (Lipinski definition) is 1. The van der Waals surface area contributed by atoms with E-state index >= 15 is 0 Å². The molecule has 0 aliphatic heterocycles. The molecule has 17 heavy (non-hydrogen) atoms. The molecule has 3 heteroatoms. The highest BCUT2D eigenvalue weighted by Gasteiger charge is 2.07. The predicted octanol–water partition coefficient (Wildman–Crippen LogP) is 4.27. The molecule has 0 heterocycles. The van der Waals surface area contributed by atoms with Crippen molar-refractivity contribution in [2.24, 2.45) is 5.73 Å². The molecule has 2 rings (SSSR count). The summed E-state index contributed by atoms with van der Waals surface area (Å²) in [5.41, 5.74) is 8.69. The van der Waals surface area contributed by atoms with Crippen molar-refractivity contribution in [2.45, 2.75) is 13.0 Å². The summed E-state index contributed by atoms with van der Waals surface area (Å²) >= 11 is 3.48. The van der Waals surface area contributed by atoms with Crippen LogP contribution in [0.15, 0.2) is 46.9 Å². The van der Waals surface area contributed by atoms with E-state index in [1.807, 2.05) is 31.2 Å². The number of hydrogen-bond acceptors (Lipinski definition) is 1. The van der Waals surface area contributed by atoms with Crippen LogP contribution in [0.1, 0.15) is 18.5 Å². The molecule has 2 N–H and O–H groups in total. The fraction of sp³-hybridized carbons (Fsp3) is 0.143. The van der Waals surface area contributed by atoms with E-state index in [-0.39, 0.29) is 11.9 Å². The lowest BCUT2D eigenvalue weighted by atomic mass is 10.0. The van der Waals surface area contributed by atoms with Gasteiger partial charge in [0.1, 0.15) is 5.82 Å². The Kier molecular flexibility index (Phi) is 3.60.